The summed E-state index contributed by atoms with van der Waals surface area (Å²) in [6.07, 6.45) is 10.2. The fourth-order valence-electron chi connectivity index (χ4n) is 8.17. The molecule has 5 aliphatic rings. The van der Waals surface area contributed by atoms with E-state index in [1.165, 1.54) is 18.2 Å². The minimum atomic E-state index is -0.900. The number of aryl methyl sites for hydroxylation is 1. The van der Waals surface area contributed by atoms with Gasteiger partial charge in [0, 0.05) is 10.8 Å². The first-order valence-electron chi connectivity index (χ1n) is 12.0. The predicted octanol–water partition coefficient (Wildman–Crippen LogP) is 5.13. The number of rotatable bonds is 3. The van der Waals surface area contributed by atoms with Gasteiger partial charge in [0.25, 0.3) is 0 Å². The second kappa shape index (κ2) is 6.86. The van der Waals surface area contributed by atoms with E-state index in [0.717, 1.165) is 31.4 Å². The molecule has 5 atom stereocenters. The topological polar surface area (TPSA) is 63.2 Å². The molecule has 33 heavy (non-hydrogen) atoms. The zero-order valence-corrected chi connectivity index (χ0v) is 19.8. The maximum absolute atomic E-state index is 12.3. The Morgan fingerprint density at radius 2 is 1.88 bits per heavy atom. The lowest BCUT2D eigenvalue weighted by molar-refractivity contribution is -0.245. The summed E-state index contributed by atoms with van der Waals surface area (Å²) in [6.45, 7) is 5.40. The Bertz CT molecular complexity index is 1070. The lowest BCUT2D eigenvalue weighted by Crippen LogP contribution is -2.59. The van der Waals surface area contributed by atoms with Crippen LogP contribution in [0.5, 0.6) is 5.75 Å². The van der Waals surface area contributed by atoms with Crippen LogP contribution in [0, 0.1) is 22.2 Å². The Hall–Kier alpha value is -2.31. The fraction of sp³-hybridized carbons (Fsp3) is 0.593. The van der Waals surface area contributed by atoms with Crippen LogP contribution < -0.4 is 4.74 Å². The first-order chi connectivity index (χ1) is 15.8. The molecule has 1 saturated heterocycles. The average molecular weight is 453 g/mol. The maximum atomic E-state index is 12.3. The third kappa shape index (κ3) is 2.39. The monoisotopic (exact) mass is 452 g/mol. The minimum absolute atomic E-state index is 0.229. The predicted molar refractivity (Wildman–Crippen MR) is 121 cm³/mol. The van der Waals surface area contributed by atoms with E-state index in [1.54, 1.807) is 7.11 Å². The largest absolute Gasteiger partial charge is 0.513 e. The number of hydrogen-bond acceptors (Lipinski definition) is 6. The quantitative estimate of drug-likeness (QED) is 0.468. The second-order valence-electron chi connectivity index (χ2n) is 10.5. The van der Waals surface area contributed by atoms with Crippen LogP contribution >= 0.6 is 0 Å². The van der Waals surface area contributed by atoms with Crippen molar-refractivity contribution in [3.63, 3.8) is 0 Å². The van der Waals surface area contributed by atoms with Gasteiger partial charge in [-0.3, -0.25) is 0 Å². The van der Waals surface area contributed by atoms with Crippen molar-refractivity contribution >= 4 is 6.16 Å². The number of fused-ring (bicyclic) bond motifs is 3. The zero-order chi connectivity index (χ0) is 23.1. The molecular formula is C27H32O6. The molecule has 0 spiro atoms. The molecule has 6 heteroatoms. The van der Waals surface area contributed by atoms with Gasteiger partial charge in [-0.05, 0) is 73.8 Å². The number of carbonyl (C=O) groups is 1. The van der Waals surface area contributed by atoms with E-state index in [-0.39, 0.29) is 10.8 Å². The number of allylic oxidation sites excluding steroid dienone is 2. The highest BCUT2D eigenvalue weighted by molar-refractivity contribution is 5.64. The van der Waals surface area contributed by atoms with Crippen LogP contribution in [0.4, 0.5) is 4.79 Å². The molecule has 0 N–H and O–H groups in total. The molecule has 1 unspecified atom stereocenters. The summed E-state index contributed by atoms with van der Waals surface area (Å²) < 4.78 is 28.8. The SMILES string of the molecule is COC(=O)OC1=CC23C=C[C@@]1(C1(C)OCCO1)[C@@]2(C)CC[C@@H]1c2ccc(OC)cc2CC[C@H]13. The first-order valence-corrected chi connectivity index (χ1v) is 12.0. The normalized spacial score (nSPS) is 39.3. The summed E-state index contributed by atoms with van der Waals surface area (Å²) in [5.41, 5.74) is 1.68. The van der Waals surface area contributed by atoms with Crippen molar-refractivity contribution in [3.8, 4) is 5.75 Å². The van der Waals surface area contributed by atoms with Gasteiger partial charge in [0.15, 0.2) is 5.79 Å². The highest BCUT2D eigenvalue weighted by Gasteiger charge is 2.78. The molecule has 1 aliphatic heterocycles. The van der Waals surface area contributed by atoms with Crippen LogP contribution in [0.15, 0.2) is 42.2 Å². The van der Waals surface area contributed by atoms with Crippen LogP contribution in [0.25, 0.3) is 0 Å². The molecule has 0 aromatic heterocycles. The Labute approximate surface area is 194 Å². The summed E-state index contributed by atoms with van der Waals surface area (Å²) in [5, 5.41) is 0. The lowest BCUT2D eigenvalue weighted by Gasteiger charge is -2.59. The second-order valence-corrected chi connectivity index (χ2v) is 10.5. The van der Waals surface area contributed by atoms with Crippen molar-refractivity contribution in [2.24, 2.45) is 22.2 Å². The van der Waals surface area contributed by atoms with Crippen LogP contribution in [0.2, 0.25) is 0 Å². The van der Waals surface area contributed by atoms with Gasteiger partial charge in [0.1, 0.15) is 16.9 Å². The fourth-order valence-corrected chi connectivity index (χ4v) is 8.17. The molecule has 1 aromatic carbocycles. The smallest absolute Gasteiger partial charge is 0.497 e. The van der Waals surface area contributed by atoms with Crippen molar-refractivity contribution in [2.45, 2.75) is 51.2 Å². The molecule has 4 aliphatic carbocycles. The molecule has 1 heterocycles. The molecular weight excluding hydrogens is 420 g/mol. The van der Waals surface area contributed by atoms with Gasteiger partial charge in [-0.15, -0.1) is 0 Å². The molecule has 1 saturated carbocycles. The van der Waals surface area contributed by atoms with Gasteiger partial charge in [-0.1, -0.05) is 25.1 Å². The third-order valence-electron chi connectivity index (χ3n) is 9.64. The van der Waals surface area contributed by atoms with Crippen molar-refractivity contribution < 1.29 is 28.5 Å². The highest BCUT2D eigenvalue weighted by atomic mass is 16.7. The van der Waals surface area contributed by atoms with Gasteiger partial charge in [-0.2, -0.15) is 0 Å². The van der Waals surface area contributed by atoms with Crippen molar-refractivity contribution in [1.82, 2.24) is 0 Å². The first kappa shape index (κ1) is 21.2. The molecule has 2 bridgehead atoms. The Kier molecular flexibility index (Phi) is 4.41. The molecule has 2 fully saturated rings. The van der Waals surface area contributed by atoms with E-state index in [1.807, 2.05) is 6.92 Å². The standard InChI is InChI=1S/C27H32O6/c1-24-10-9-20-19-7-6-18(29-3)15-17(19)5-8-21(20)26(24)11-12-27(24,25(2)31-13-14-32-25)22(16-26)33-23(28)30-4/h6-7,11-12,15-16,20-21H,5,8-10,13-14H2,1-4H3/t20-,21-,24+,26?,27+/m1/s1. The van der Waals surface area contributed by atoms with Gasteiger partial charge >= 0.3 is 6.16 Å². The molecule has 0 amide bonds. The van der Waals surface area contributed by atoms with Crippen LogP contribution in [-0.2, 0) is 25.4 Å². The minimum Gasteiger partial charge on any atom is -0.497 e. The van der Waals surface area contributed by atoms with Crippen LogP contribution in [0.1, 0.15) is 50.2 Å². The molecule has 6 nitrogen and oxygen atoms in total. The Morgan fingerprint density at radius 1 is 1.09 bits per heavy atom. The summed E-state index contributed by atoms with van der Waals surface area (Å²) in [7, 11) is 3.07. The molecule has 1 aromatic rings. The van der Waals surface area contributed by atoms with Gasteiger partial charge < -0.3 is 23.7 Å². The zero-order valence-electron chi connectivity index (χ0n) is 19.8. The number of ether oxygens (including phenoxy) is 5. The summed E-state index contributed by atoms with van der Waals surface area (Å²) in [4.78, 5) is 12.3. The van der Waals surface area contributed by atoms with E-state index >= 15 is 0 Å². The third-order valence-corrected chi connectivity index (χ3v) is 9.64. The van der Waals surface area contributed by atoms with Crippen molar-refractivity contribution in [1.29, 1.82) is 0 Å². The molecule has 176 valence electrons. The van der Waals surface area contributed by atoms with E-state index in [9.17, 15) is 4.79 Å². The van der Waals surface area contributed by atoms with Crippen molar-refractivity contribution in [3.05, 3.63) is 53.3 Å². The number of benzene rings is 1. The molecule has 6 rings (SSSR count). The van der Waals surface area contributed by atoms with Gasteiger partial charge in [0.2, 0.25) is 0 Å². The average Bonchev–Trinajstić information content (AvgIpc) is 3.45. The molecule has 0 radical (unpaired) electrons. The summed E-state index contributed by atoms with van der Waals surface area (Å²) in [5.74, 6) is 1.48. The van der Waals surface area contributed by atoms with Gasteiger partial charge in [-0.25, -0.2) is 4.79 Å². The van der Waals surface area contributed by atoms with E-state index < -0.39 is 17.4 Å². The van der Waals surface area contributed by atoms with Crippen LogP contribution in [-0.4, -0.2) is 39.4 Å². The van der Waals surface area contributed by atoms with E-state index in [2.05, 4.69) is 43.4 Å². The van der Waals surface area contributed by atoms with Crippen molar-refractivity contribution in [2.75, 3.05) is 27.4 Å². The maximum Gasteiger partial charge on any atom is 0.513 e. The van der Waals surface area contributed by atoms with E-state index in [0.29, 0.717) is 30.8 Å². The summed E-state index contributed by atoms with van der Waals surface area (Å²) >= 11 is 0. The number of hydrogen-bond donors (Lipinski definition) is 0. The Morgan fingerprint density at radius 3 is 2.61 bits per heavy atom. The number of methoxy groups -OCH3 is 2. The highest BCUT2D eigenvalue weighted by Crippen LogP contribution is 2.80. The number of carbonyl (C=O) groups excluding carboxylic acids is 1. The van der Waals surface area contributed by atoms with E-state index in [4.69, 9.17) is 23.7 Å². The summed E-state index contributed by atoms with van der Waals surface area (Å²) in [6, 6.07) is 6.54. The van der Waals surface area contributed by atoms with Crippen LogP contribution in [0.3, 0.4) is 0 Å². The van der Waals surface area contributed by atoms with Gasteiger partial charge in [0.05, 0.1) is 27.4 Å². The Balaban J connectivity index is 1.48. The lowest BCUT2D eigenvalue weighted by atomic mass is 9.45.